The van der Waals surface area contributed by atoms with Crippen LogP contribution in [0.3, 0.4) is 0 Å². The molecule has 1 fully saturated rings. The van der Waals surface area contributed by atoms with Gasteiger partial charge in [-0.25, -0.2) is 9.18 Å². The fraction of sp³-hybridized carbons (Fsp3) is 0.467. The van der Waals surface area contributed by atoms with Gasteiger partial charge in [-0.15, -0.1) is 0 Å². The zero-order valence-corrected chi connectivity index (χ0v) is 11.9. The topological polar surface area (TPSA) is 67.4 Å². The van der Waals surface area contributed by atoms with Gasteiger partial charge in [0.15, 0.2) is 0 Å². The molecule has 1 heterocycles. The van der Waals surface area contributed by atoms with Gasteiger partial charge in [0.2, 0.25) is 5.91 Å². The summed E-state index contributed by atoms with van der Waals surface area (Å²) >= 11 is 0. The third-order valence-electron chi connectivity index (χ3n) is 3.60. The van der Waals surface area contributed by atoms with Gasteiger partial charge in [-0.3, -0.25) is 4.79 Å². The third kappa shape index (κ3) is 4.26. The molecular weight excluding hydrogens is 275 g/mol. The lowest BCUT2D eigenvalue weighted by Crippen LogP contribution is -2.15. The van der Waals surface area contributed by atoms with Crippen molar-refractivity contribution < 1.29 is 18.7 Å². The number of anilines is 1. The molecule has 1 saturated heterocycles. The zero-order valence-electron chi connectivity index (χ0n) is 11.9. The number of halogens is 1. The van der Waals surface area contributed by atoms with Crippen molar-refractivity contribution in [3.63, 3.8) is 0 Å². The highest BCUT2D eigenvalue weighted by molar-refractivity contribution is 5.94. The first-order chi connectivity index (χ1) is 10.1. The molecule has 0 spiro atoms. The van der Waals surface area contributed by atoms with Gasteiger partial charge in [0.25, 0.3) is 0 Å². The fourth-order valence-corrected chi connectivity index (χ4v) is 2.39. The maximum atomic E-state index is 13.5. The lowest BCUT2D eigenvalue weighted by atomic mass is 10.0. The molecule has 1 unspecified atom stereocenters. The number of rotatable bonds is 5. The number of amides is 1. The fourth-order valence-electron chi connectivity index (χ4n) is 2.39. The van der Waals surface area contributed by atoms with Gasteiger partial charge < -0.3 is 15.4 Å². The van der Waals surface area contributed by atoms with Crippen LogP contribution < -0.4 is 10.6 Å². The first kappa shape index (κ1) is 15.4. The van der Waals surface area contributed by atoms with E-state index in [0.717, 1.165) is 32.0 Å². The quantitative estimate of drug-likeness (QED) is 0.814. The van der Waals surface area contributed by atoms with Crippen molar-refractivity contribution in [1.82, 2.24) is 5.32 Å². The number of carbonyl (C=O) groups excluding carboxylic acids is 2. The summed E-state index contributed by atoms with van der Waals surface area (Å²) < 4.78 is 18.0. The first-order valence-electron chi connectivity index (χ1n) is 6.98. The molecule has 1 aromatic carbocycles. The minimum Gasteiger partial charge on any atom is -0.465 e. The molecule has 6 heteroatoms. The first-order valence-corrected chi connectivity index (χ1v) is 6.98. The molecule has 1 aromatic rings. The van der Waals surface area contributed by atoms with E-state index in [0.29, 0.717) is 18.0 Å². The Bertz CT molecular complexity index is 528. The minimum atomic E-state index is -0.763. The number of nitrogens with one attached hydrogen (secondary N) is 2. The molecule has 21 heavy (non-hydrogen) atoms. The molecule has 0 aliphatic carbocycles. The average molecular weight is 294 g/mol. The number of hydrogen-bond acceptors (Lipinski definition) is 4. The van der Waals surface area contributed by atoms with Crippen LogP contribution in [-0.4, -0.2) is 32.1 Å². The molecule has 1 amide bonds. The van der Waals surface area contributed by atoms with Crippen LogP contribution in [0.4, 0.5) is 10.1 Å². The number of hydrogen-bond donors (Lipinski definition) is 2. The predicted molar refractivity (Wildman–Crippen MR) is 76.6 cm³/mol. The van der Waals surface area contributed by atoms with Crippen molar-refractivity contribution in [3.8, 4) is 0 Å². The summed E-state index contributed by atoms with van der Waals surface area (Å²) in [5.41, 5.74) is 0.210. The number of ether oxygens (including phenoxy) is 1. The Morgan fingerprint density at radius 2 is 2.29 bits per heavy atom. The van der Waals surface area contributed by atoms with E-state index in [1.54, 1.807) is 0 Å². The van der Waals surface area contributed by atoms with Crippen LogP contribution in [0.15, 0.2) is 18.2 Å². The van der Waals surface area contributed by atoms with E-state index in [1.165, 1.54) is 19.2 Å². The summed E-state index contributed by atoms with van der Waals surface area (Å²) in [7, 11) is 1.18. The van der Waals surface area contributed by atoms with E-state index in [-0.39, 0.29) is 11.5 Å². The Hall–Kier alpha value is -1.95. The lowest BCUT2D eigenvalue weighted by Gasteiger charge is -2.10. The van der Waals surface area contributed by atoms with Crippen molar-refractivity contribution in [2.45, 2.75) is 19.3 Å². The van der Waals surface area contributed by atoms with E-state index in [9.17, 15) is 14.0 Å². The second-order valence-electron chi connectivity index (χ2n) is 5.13. The lowest BCUT2D eigenvalue weighted by molar-refractivity contribution is -0.116. The van der Waals surface area contributed by atoms with Crippen LogP contribution in [0.2, 0.25) is 0 Å². The summed E-state index contributed by atoms with van der Waals surface area (Å²) in [6.45, 7) is 1.96. The van der Waals surface area contributed by atoms with Gasteiger partial charge >= 0.3 is 5.97 Å². The highest BCUT2D eigenvalue weighted by atomic mass is 19.1. The predicted octanol–water partition coefficient (Wildman–Crippen LogP) is 1.94. The van der Waals surface area contributed by atoms with E-state index in [4.69, 9.17) is 0 Å². The van der Waals surface area contributed by atoms with Gasteiger partial charge in [0, 0.05) is 12.1 Å². The third-order valence-corrected chi connectivity index (χ3v) is 3.60. The molecule has 0 radical (unpaired) electrons. The molecule has 1 aliphatic heterocycles. The molecule has 1 aliphatic rings. The minimum absolute atomic E-state index is 0.135. The van der Waals surface area contributed by atoms with Gasteiger partial charge in [-0.05, 0) is 50.0 Å². The smallest absolute Gasteiger partial charge is 0.340 e. The number of methoxy groups -OCH3 is 1. The van der Waals surface area contributed by atoms with Crippen LogP contribution in [0, 0.1) is 11.7 Å². The second-order valence-corrected chi connectivity index (χ2v) is 5.13. The maximum Gasteiger partial charge on any atom is 0.340 e. The molecule has 2 N–H and O–H groups in total. The van der Waals surface area contributed by atoms with Gasteiger partial charge in [-0.1, -0.05) is 0 Å². The second kappa shape index (κ2) is 7.17. The van der Waals surface area contributed by atoms with E-state index in [1.807, 2.05) is 0 Å². The van der Waals surface area contributed by atoms with Crippen LogP contribution in [-0.2, 0) is 9.53 Å². The Balaban J connectivity index is 1.92. The van der Waals surface area contributed by atoms with Crippen LogP contribution in [0.5, 0.6) is 0 Å². The molecule has 0 bridgehead atoms. The highest BCUT2D eigenvalue weighted by Gasteiger charge is 2.17. The van der Waals surface area contributed by atoms with E-state index in [2.05, 4.69) is 15.4 Å². The summed E-state index contributed by atoms with van der Waals surface area (Å²) in [4.78, 5) is 23.3. The van der Waals surface area contributed by atoms with Crippen LogP contribution in [0.1, 0.15) is 29.6 Å². The Labute approximate surface area is 122 Å². The monoisotopic (exact) mass is 294 g/mol. The summed E-state index contributed by atoms with van der Waals surface area (Å²) in [6.07, 6.45) is 2.33. The summed E-state index contributed by atoms with van der Waals surface area (Å²) in [5, 5.41) is 5.93. The Morgan fingerprint density at radius 1 is 1.48 bits per heavy atom. The standard InChI is InChI=1S/C15H19FN2O3/c1-21-15(20)12-8-11(3-4-13(12)16)18-14(19)5-2-10-6-7-17-9-10/h3-4,8,10,17H,2,5-7,9H2,1H3,(H,18,19). The van der Waals surface area contributed by atoms with Crippen molar-refractivity contribution in [2.75, 3.05) is 25.5 Å². The molecule has 114 valence electrons. The van der Waals surface area contributed by atoms with Gasteiger partial charge in [0.05, 0.1) is 12.7 Å². The number of benzene rings is 1. The zero-order chi connectivity index (χ0) is 15.2. The molecule has 0 saturated carbocycles. The van der Waals surface area contributed by atoms with Gasteiger partial charge in [0.1, 0.15) is 5.82 Å². The van der Waals surface area contributed by atoms with E-state index >= 15 is 0 Å². The van der Waals surface area contributed by atoms with Gasteiger partial charge in [-0.2, -0.15) is 0 Å². The number of carbonyl (C=O) groups is 2. The average Bonchev–Trinajstić information content (AvgIpc) is 2.99. The Morgan fingerprint density at radius 3 is 2.95 bits per heavy atom. The van der Waals surface area contributed by atoms with E-state index < -0.39 is 11.8 Å². The van der Waals surface area contributed by atoms with Crippen LogP contribution in [0.25, 0.3) is 0 Å². The molecule has 0 aromatic heterocycles. The normalized spacial score (nSPS) is 17.5. The molecule has 2 rings (SSSR count). The van der Waals surface area contributed by atoms with Crippen molar-refractivity contribution in [3.05, 3.63) is 29.6 Å². The number of esters is 1. The highest BCUT2D eigenvalue weighted by Crippen LogP contribution is 2.18. The molecule has 5 nitrogen and oxygen atoms in total. The SMILES string of the molecule is COC(=O)c1cc(NC(=O)CCC2CCNC2)ccc1F. The van der Waals surface area contributed by atoms with Crippen molar-refractivity contribution in [2.24, 2.45) is 5.92 Å². The Kier molecular flexibility index (Phi) is 5.27. The molecular formula is C15H19FN2O3. The summed E-state index contributed by atoms with van der Waals surface area (Å²) in [5.74, 6) is -1.03. The largest absolute Gasteiger partial charge is 0.465 e. The molecule has 1 atom stereocenters. The maximum absolute atomic E-state index is 13.5. The van der Waals surface area contributed by atoms with Crippen molar-refractivity contribution in [1.29, 1.82) is 0 Å². The van der Waals surface area contributed by atoms with Crippen molar-refractivity contribution >= 4 is 17.6 Å². The summed E-state index contributed by atoms with van der Waals surface area (Å²) in [6, 6.07) is 3.86. The van der Waals surface area contributed by atoms with Crippen LogP contribution >= 0.6 is 0 Å².